The molecule has 19 heavy (non-hydrogen) atoms. The summed E-state index contributed by atoms with van der Waals surface area (Å²) in [5, 5.41) is 14.2. The zero-order chi connectivity index (χ0) is 14.6. The minimum absolute atomic E-state index is 0.184. The topological polar surface area (TPSA) is 38.0 Å². The third-order valence-corrected chi connectivity index (χ3v) is 3.17. The molecular formula is C13H21F3N2O. The number of hydrogen-bond acceptors (Lipinski definition) is 2. The van der Waals surface area contributed by atoms with E-state index in [4.69, 9.17) is 0 Å². The molecule has 0 fully saturated rings. The first kappa shape index (κ1) is 16.0. The van der Waals surface area contributed by atoms with Crippen molar-refractivity contribution in [2.45, 2.75) is 65.3 Å². The second-order valence-corrected chi connectivity index (χ2v) is 4.53. The molecule has 1 rings (SSSR count). The summed E-state index contributed by atoms with van der Waals surface area (Å²) in [6.07, 6.45) is -4.02. The van der Waals surface area contributed by atoms with Gasteiger partial charge in [-0.05, 0) is 19.3 Å². The van der Waals surface area contributed by atoms with Gasteiger partial charge in [0.15, 0.2) is 0 Å². The number of halogens is 3. The van der Waals surface area contributed by atoms with Crippen LogP contribution in [0.25, 0.3) is 0 Å². The number of aromatic nitrogens is 2. The Hall–Kier alpha value is -1.04. The van der Waals surface area contributed by atoms with Crippen molar-refractivity contribution >= 4 is 0 Å². The van der Waals surface area contributed by atoms with Crippen molar-refractivity contribution in [3.63, 3.8) is 0 Å². The quantitative estimate of drug-likeness (QED) is 0.866. The average molecular weight is 278 g/mol. The fourth-order valence-corrected chi connectivity index (χ4v) is 2.21. The Labute approximate surface area is 111 Å². The maximum absolute atomic E-state index is 12.3. The van der Waals surface area contributed by atoms with Gasteiger partial charge in [-0.1, -0.05) is 20.8 Å². The van der Waals surface area contributed by atoms with Crippen molar-refractivity contribution in [1.29, 1.82) is 0 Å². The highest BCUT2D eigenvalue weighted by Crippen LogP contribution is 2.27. The van der Waals surface area contributed by atoms with Crippen LogP contribution in [0.2, 0.25) is 0 Å². The van der Waals surface area contributed by atoms with Crippen LogP contribution in [-0.2, 0) is 19.4 Å². The summed E-state index contributed by atoms with van der Waals surface area (Å²) in [7, 11) is 0. The number of aryl methyl sites for hydroxylation is 2. The van der Waals surface area contributed by atoms with Crippen LogP contribution in [0, 0.1) is 0 Å². The van der Waals surface area contributed by atoms with Gasteiger partial charge >= 0.3 is 6.18 Å². The molecule has 0 radical (unpaired) electrons. The zero-order valence-corrected chi connectivity index (χ0v) is 11.6. The first-order valence-corrected chi connectivity index (χ1v) is 6.67. The predicted octanol–water partition coefficient (Wildman–Crippen LogP) is 3.40. The number of nitrogens with zero attached hydrogens (tertiary/aromatic N) is 2. The number of alkyl halides is 3. The second kappa shape index (κ2) is 6.41. The Morgan fingerprint density at radius 2 is 1.84 bits per heavy atom. The SMILES string of the molecule is CCc1nn(CCC(F)(F)F)c(CC)c1C(O)CC. The van der Waals surface area contributed by atoms with Crippen LogP contribution in [0.4, 0.5) is 13.2 Å². The summed E-state index contributed by atoms with van der Waals surface area (Å²) in [6.45, 7) is 5.42. The van der Waals surface area contributed by atoms with E-state index in [-0.39, 0.29) is 6.54 Å². The Balaban J connectivity index is 3.08. The standard InChI is InChI=1S/C13H21F3N2O/c1-4-9-12(11(19)6-3)10(5-2)18(17-9)8-7-13(14,15)16/h11,19H,4-8H2,1-3H3. The first-order valence-electron chi connectivity index (χ1n) is 6.67. The van der Waals surface area contributed by atoms with Crippen LogP contribution in [0.5, 0.6) is 0 Å². The van der Waals surface area contributed by atoms with Gasteiger partial charge in [-0.3, -0.25) is 4.68 Å². The summed E-state index contributed by atoms with van der Waals surface area (Å²) in [4.78, 5) is 0. The molecule has 6 heteroatoms. The molecule has 1 N–H and O–H groups in total. The smallest absolute Gasteiger partial charge is 0.388 e. The molecule has 0 aliphatic carbocycles. The molecule has 0 spiro atoms. The van der Waals surface area contributed by atoms with E-state index in [9.17, 15) is 18.3 Å². The molecule has 1 aromatic heterocycles. The van der Waals surface area contributed by atoms with E-state index in [1.165, 1.54) is 4.68 Å². The lowest BCUT2D eigenvalue weighted by molar-refractivity contribution is -0.137. The van der Waals surface area contributed by atoms with Crippen molar-refractivity contribution < 1.29 is 18.3 Å². The zero-order valence-electron chi connectivity index (χ0n) is 11.6. The number of aliphatic hydroxyl groups excluding tert-OH is 1. The highest BCUT2D eigenvalue weighted by atomic mass is 19.4. The van der Waals surface area contributed by atoms with Crippen molar-refractivity contribution in [2.24, 2.45) is 0 Å². The van der Waals surface area contributed by atoms with Gasteiger partial charge in [0.05, 0.1) is 18.2 Å². The predicted molar refractivity (Wildman–Crippen MR) is 66.9 cm³/mol. The summed E-state index contributed by atoms with van der Waals surface area (Å²) in [5.74, 6) is 0. The van der Waals surface area contributed by atoms with E-state index >= 15 is 0 Å². The average Bonchev–Trinajstić information content (AvgIpc) is 2.72. The molecule has 0 amide bonds. The van der Waals surface area contributed by atoms with E-state index in [0.29, 0.717) is 25.0 Å². The van der Waals surface area contributed by atoms with E-state index in [1.807, 2.05) is 20.8 Å². The van der Waals surface area contributed by atoms with Gasteiger partial charge in [-0.2, -0.15) is 18.3 Å². The third kappa shape index (κ3) is 3.96. The van der Waals surface area contributed by atoms with Crippen LogP contribution in [-0.4, -0.2) is 21.1 Å². The summed E-state index contributed by atoms with van der Waals surface area (Å²) in [5.41, 5.74) is 2.14. The highest BCUT2D eigenvalue weighted by molar-refractivity contribution is 5.29. The Kier molecular flexibility index (Phi) is 5.40. The normalized spacial score (nSPS) is 13.8. The Morgan fingerprint density at radius 1 is 1.21 bits per heavy atom. The van der Waals surface area contributed by atoms with Crippen molar-refractivity contribution in [3.05, 3.63) is 17.0 Å². The van der Waals surface area contributed by atoms with Crippen LogP contribution < -0.4 is 0 Å². The highest BCUT2D eigenvalue weighted by Gasteiger charge is 2.28. The molecule has 1 atom stereocenters. The van der Waals surface area contributed by atoms with Crippen molar-refractivity contribution in [2.75, 3.05) is 0 Å². The lowest BCUT2D eigenvalue weighted by Crippen LogP contribution is -2.15. The molecule has 3 nitrogen and oxygen atoms in total. The van der Waals surface area contributed by atoms with E-state index in [2.05, 4.69) is 5.10 Å². The van der Waals surface area contributed by atoms with Crippen LogP contribution in [0.1, 0.15) is 56.7 Å². The maximum Gasteiger partial charge on any atom is 0.390 e. The number of rotatable bonds is 6. The van der Waals surface area contributed by atoms with Crippen molar-refractivity contribution in [1.82, 2.24) is 9.78 Å². The number of aliphatic hydroxyl groups is 1. The van der Waals surface area contributed by atoms with Gasteiger partial charge in [0, 0.05) is 17.8 Å². The van der Waals surface area contributed by atoms with Crippen LogP contribution in [0.3, 0.4) is 0 Å². The molecule has 0 saturated carbocycles. The summed E-state index contributed by atoms with van der Waals surface area (Å²) in [6, 6.07) is 0. The van der Waals surface area contributed by atoms with Gasteiger partial charge in [0.1, 0.15) is 0 Å². The third-order valence-electron chi connectivity index (χ3n) is 3.17. The lowest BCUT2D eigenvalue weighted by atomic mass is 10.0. The van der Waals surface area contributed by atoms with Crippen LogP contribution in [0.15, 0.2) is 0 Å². The first-order chi connectivity index (χ1) is 8.84. The second-order valence-electron chi connectivity index (χ2n) is 4.53. The van der Waals surface area contributed by atoms with Crippen molar-refractivity contribution in [3.8, 4) is 0 Å². The molecular weight excluding hydrogens is 257 g/mol. The fourth-order valence-electron chi connectivity index (χ4n) is 2.21. The Morgan fingerprint density at radius 3 is 2.26 bits per heavy atom. The molecule has 1 heterocycles. The molecule has 0 aliphatic heterocycles. The van der Waals surface area contributed by atoms with Gasteiger partial charge in [-0.15, -0.1) is 0 Å². The Bertz CT molecular complexity index is 413. The molecule has 0 aliphatic rings. The molecule has 0 aromatic carbocycles. The van der Waals surface area contributed by atoms with Gasteiger partial charge < -0.3 is 5.11 Å². The largest absolute Gasteiger partial charge is 0.390 e. The minimum atomic E-state index is -4.19. The summed E-state index contributed by atoms with van der Waals surface area (Å²) >= 11 is 0. The molecule has 0 bridgehead atoms. The monoisotopic (exact) mass is 278 g/mol. The van der Waals surface area contributed by atoms with Gasteiger partial charge in [-0.25, -0.2) is 0 Å². The molecule has 110 valence electrons. The van der Waals surface area contributed by atoms with Crippen LogP contribution >= 0.6 is 0 Å². The van der Waals surface area contributed by atoms with E-state index in [0.717, 1.165) is 11.3 Å². The molecule has 1 unspecified atom stereocenters. The van der Waals surface area contributed by atoms with E-state index < -0.39 is 18.7 Å². The summed E-state index contributed by atoms with van der Waals surface area (Å²) < 4.78 is 38.3. The van der Waals surface area contributed by atoms with E-state index in [1.54, 1.807) is 0 Å². The lowest BCUT2D eigenvalue weighted by Gasteiger charge is -2.12. The maximum atomic E-state index is 12.3. The van der Waals surface area contributed by atoms with Gasteiger partial charge in [0.2, 0.25) is 0 Å². The fraction of sp³-hybridized carbons (Fsp3) is 0.769. The van der Waals surface area contributed by atoms with Gasteiger partial charge in [0.25, 0.3) is 0 Å². The molecule has 0 saturated heterocycles. The number of hydrogen-bond donors (Lipinski definition) is 1. The molecule has 1 aromatic rings. The minimum Gasteiger partial charge on any atom is -0.388 e.